The standard InChI is InChI=1S/C30H39N3O7/c1-17(2)14-24(34)28(36)33-25-26(18(3)4)40-21-12-10-20(11-13-21)16-23(30(38)39)32-27(35)22(31-29(25)37)15-19-8-6-5-7-9-19/h5-13,17-18,22-26,34H,14-16H2,1-4H3,(H,31,37)(H,32,35)(H,33,36)(H,38,39)/t22-,23-,24?,25-,26-/m0/s1. The summed E-state index contributed by atoms with van der Waals surface area (Å²) < 4.78 is 6.20. The van der Waals surface area contributed by atoms with Gasteiger partial charge in [0.15, 0.2) is 0 Å². The van der Waals surface area contributed by atoms with Crippen LogP contribution in [0.5, 0.6) is 5.75 Å². The lowest BCUT2D eigenvalue weighted by molar-refractivity contribution is -0.142. The lowest BCUT2D eigenvalue weighted by atomic mass is 9.96. The van der Waals surface area contributed by atoms with Crippen molar-refractivity contribution in [2.75, 3.05) is 0 Å². The van der Waals surface area contributed by atoms with Gasteiger partial charge in [0.1, 0.15) is 36.1 Å². The van der Waals surface area contributed by atoms with Gasteiger partial charge in [0.05, 0.1) is 0 Å². The molecule has 216 valence electrons. The Labute approximate surface area is 234 Å². The monoisotopic (exact) mass is 553 g/mol. The highest BCUT2D eigenvalue weighted by molar-refractivity contribution is 5.94. The third-order valence-corrected chi connectivity index (χ3v) is 6.73. The van der Waals surface area contributed by atoms with Gasteiger partial charge in [-0.25, -0.2) is 4.79 Å². The fraction of sp³-hybridized carbons (Fsp3) is 0.467. The number of benzene rings is 2. The molecule has 0 radical (unpaired) electrons. The lowest BCUT2D eigenvalue weighted by Crippen LogP contribution is -2.62. The van der Waals surface area contributed by atoms with E-state index in [0.717, 1.165) is 5.56 Å². The molecule has 0 fully saturated rings. The van der Waals surface area contributed by atoms with E-state index in [0.29, 0.717) is 11.3 Å². The number of fused-ring (bicyclic) bond motifs is 11. The number of amides is 3. The summed E-state index contributed by atoms with van der Waals surface area (Å²) in [5.41, 5.74) is 1.42. The average molecular weight is 554 g/mol. The Morgan fingerprint density at radius 3 is 2.20 bits per heavy atom. The molecular weight excluding hydrogens is 514 g/mol. The molecule has 0 aromatic heterocycles. The maximum atomic E-state index is 13.8. The highest BCUT2D eigenvalue weighted by atomic mass is 16.5. The molecule has 5 N–H and O–H groups in total. The summed E-state index contributed by atoms with van der Waals surface area (Å²) in [5, 5.41) is 28.2. The summed E-state index contributed by atoms with van der Waals surface area (Å²) in [6.07, 6.45) is -1.87. The van der Waals surface area contributed by atoms with E-state index < -0.39 is 54.0 Å². The van der Waals surface area contributed by atoms with Crippen LogP contribution in [0, 0.1) is 11.8 Å². The van der Waals surface area contributed by atoms with Crippen LogP contribution in [-0.2, 0) is 32.0 Å². The first kappa shape index (κ1) is 30.6. The Bertz CT molecular complexity index is 1170. The Balaban J connectivity index is 2.04. The van der Waals surface area contributed by atoms with Crippen LogP contribution < -0.4 is 20.7 Å². The predicted molar refractivity (Wildman–Crippen MR) is 148 cm³/mol. The Morgan fingerprint density at radius 1 is 0.975 bits per heavy atom. The molecule has 2 aliphatic heterocycles. The van der Waals surface area contributed by atoms with Crippen molar-refractivity contribution in [1.29, 1.82) is 0 Å². The summed E-state index contributed by atoms with van der Waals surface area (Å²) in [5.74, 6) is -3.11. The fourth-order valence-corrected chi connectivity index (χ4v) is 4.58. The van der Waals surface area contributed by atoms with Gasteiger partial charge >= 0.3 is 5.97 Å². The Kier molecular flexibility index (Phi) is 10.7. The molecule has 0 aliphatic carbocycles. The molecule has 0 saturated heterocycles. The number of aliphatic hydroxyl groups excluding tert-OH is 1. The minimum absolute atomic E-state index is 0.0351. The van der Waals surface area contributed by atoms with Crippen molar-refractivity contribution in [2.24, 2.45) is 11.8 Å². The number of nitrogens with one attached hydrogen (secondary N) is 3. The zero-order chi connectivity index (χ0) is 29.4. The van der Waals surface area contributed by atoms with Gasteiger partial charge in [-0.1, -0.05) is 70.2 Å². The van der Waals surface area contributed by atoms with Gasteiger partial charge < -0.3 is 30.9 Å². The molecule has 0 saturated carbocycles. The zero-order valence-electron chi connectivity index (χ0n) is 23.3. The smallest absolute Gasteiger partial charge is 0.326 e. The molecule has 2 aliphatic rings. The van der Waals surface area contributed by atoms with E-state index in [2.05, 4.69) is 16.0 Å². The number of carboxylic acids is 1. The molecule has 1 unspecified atom stereocenters. The summed E-state index contributed by atoms with van der Waals surface area (Å²) >= 11 is 0. The van der Waals surface area contributed by atoms with Crippen LogP contribution in [0.2, 0.25) is 0 Å². The fourth-order valence-electron chi connectivity index (χ4n) is 4.58. The van der Waals surface area contributed by atoms with Crippen LogP contribution >= 0.6 is 0 Å². The molecule has 2 aromatic carbocycles. The minimum atomic E-state index is -1.34. The molecule has 2 heterocycles. The highest BCUT2D eigenvalue weighted by Crippen LogP contribution is 2.21. The van der Waals surface area contributed by atoms with Crippen molar-refractivity contribution >= 4 is 23.7 Å². The summed E-state index contributed by atoms with van der Waals surface area (Å²) in [6, 6.07) is 12.1. The van der Waals surface area contributed by atoms with Gasteiger partial charge in [0, 0.05) is 12.8 Å². The number of aliphatic carboxylic acids is 1. The van der Waals surface area contributed by atoms with Crippen molar-refractivity contribution in [3.8, 4) is 5.75 Å². The van der Waals surface area contributed by atoms with Crippen molar-refractivity contribution in [3.63, 3.8) is 0 Å². The third-order valence-electron chi connectivity index (χ3n) is 6.73. The highest BCUT2D eigenvalue weighted by Gasteiger charge is 2.38. The quantitative estimate of drug-likeness (QED) is 0.334. The third kappa shape index (κ3) is 8.54. The molecule has 10 nitrogen and oxygen atoms in total. The van der Waals surface area contributed by atoms with Gasteiger partial charge in [-0.2, -0.15) is 0 Å². The summed E-state index contributed by atoms with van der Waals surface area (Å²) in [6.45, 7) is 7.41. The van der Waals surface area contributed by atoms with Crippen molar-refractivity contribution in [3.05, 3.63) is 65.7 Å². The van der Waals surface area contributed by atoms with Gasteiger partial charge in [-0.05, 0) is 41.5 Å². The van der Waals surface area contributed by atoms with Gasteiger partial charge in [-0.3, -0.25) is 14.4 Å². The predicted octanol–water partition coefficient (Wildman–Crippen LogP) is 1.83. The van der Waals surface area contributed by atoms with E-state index in [1.807, 2.05) is 33.8 Å². The molecule has 0 spiro atoms. The lowest BCUT2D eigenvalue weighted by Gasteiger charge is -2.33. The number of ether oxygens (including phenoxy) is 1. The topological polar surface area (TPSA) is 154 Å². The van der Waals surface area contributed by atoms with Crippen LogP contribution in [0.4, 0.5) is 0 Å². The molecule has 3 amide bonds. The van der Waals surface area contributed by atoms with Gasteiger partial charge in [0.2, 0.25) is 17.7 Å². The van der Waals surface area contributed by atoms with E-state index in [1.165, 1.54) is 0 Å². The SMILES string of the molecule is CC(C)CC(O)C(=O)N[C@@H]1C(=O)N[C@@H](Cc2ccccc2)C(=O)N[C@H](C(=O)O)Cc2ccc(cc2)O[C@H]1C(C)C. The molecular formula is C30H39N3O7. The molecule has 2 bridgehead atoms. The molecule has 2 aromatic rings. The normalized spacial score (nSPS) is 22.6. The van der Waals surface area contributed by atoms with Crippen molar-refractivity contribution in [1.82, 2.24) is 16.0 Å². The first-order valence-electron chi connectivity index (χ1n) is 13.6. The number of rotatable bonds is 8. The molecule has 5 atom stereocenters. The molecule has 40 heavy (non-hydrogen) atoms. The van der Waals surface area contributed by atoms with Crippen LogP contribution in [0.3, 0.4) is 0 Å². The minimum Gasteiger partial charge on any atom is -0.487 e. The Morgan fingerprint density at radius 2 is 1.62 bits per heavy atom. The van der Waals surface area contributed by atoms with Crippen LogP contribution in [0.15, 0.2) is 54.6 Å². The maximum absolute atomic E-state index is 13.8. The number of carbonyl (C=O) groups is 4. The number of hydrogen-bond donors (Lipinski definition) is 5. The Hall–Kier alpha value is -3.92. The van der Waals surface area contributed by atoms with Crippen LogP contribution in [-0.4, -0.2) is 64.2 Å². The van der Waals surface area contributed by atoms with Crippen molar-refractivity contribution < 1.29 is 34.1 Å². The van der Waals surface area contributed by atoms with E-state index in [4.69, 9.17) is 4.74 Å². The van der Waals surface area contributed by atoms with Crippen LogP contribution in [0.1, 0.15) is 45.2 Å². The van der Waals surface area contributed by atoms with E-state index in [-0.39, 0.29) is 31.1 Å². The number of carboxylic acid groups (broad SMARTS) is 1. The van der Waals surface area contributed by atoms with Crippen molar-refractivity contribution in [2.45, 2.75) is 77.3 Å². The van der Waals surface area contributed by atoms with E-state index in [1.54, 1.807) is 48.5 Å². The summed E-state index contributed by atoms with van der Waals surface area (Å²) in [4.78, 5) is 52.2. The van der Waals surface area contributed by atoms with E-state index >= 15 is 0 Å². The zero-order valence-corrected chi connectivity index (χ0v) is 23.3. The molecule has 10 heteroatoms. The number of aliphatic hydroxyl groups is 1. The first-order chi connectivity index (χ1) is 18.9. The second kappa shape index (κ2) is 13.9. The van der Waals surface area contributed by atoms with Gasteiger partial charge in [0.25, 0.3) is 0 Å². The first-order valence-corrected chi connectivity index (χ1v) is 13.6. The second-order valence-electron chi connectivity index (χ2n) is 11.0. The second-order valence-corrected chi connectivity index (χ2v) is 11.0. The average Bonchev–Trinajstić information content (AvgIpc) is 2.90. The van der Waals surface area contributed by atoms with Crippen LogP contribution in [0.25, 0.3) is 0 Å². The summed E-state index contributed by atoms with van der Waals surface area (Å²) in [7, 11) is 0. The number of hydrogen-bond acceptors (Lipinski definition) is 6. The number of carbonyl (C=O) groups excluding carboxylic acids is 3. The molecule has 4 rings (SSSR count). The van der Waals surface area contributed by atoms with Gasteiger partial charge in [-0.15, -0.1) is 0 Å². The maximum Gasteiger partial charge on any atom is 0.326 e. The largest absolute Gasteiger partial charge is 0.487 e. The van der Waals surface area contributed by atoms with E-state index in [9.17, 15) is 29.4 Å².